The predicted octanol–water partition coefficient (Wildman–Crippen LogP) is 11.5. The first kappa shape index (κ1) is 32.8. The number of benzene rings is 10. The molecule has 0 amide bonds. The van der Waals surface area contributed by atoms with Crippen LogP contribution in [0.5, 0.6) is 0 Å². The van der Waals surface area contributed by atoms with Crippen LogP contribution in [0, 0.1) is 0 Å². The van der Waals surface area contributed by atoms with Gasteiger partial charge in [0.25, 0.3) is 0 Å². The lowest BCUT2D eigenvalue weighted by atomic mass is 9.84. The summed E-state index contributed by atoms with van der Waals surface area (Å²) in [5, 5.41) is 13.0. The van der Waals surface area contributed by atoms with Crippen molar-refractivity contribution >= 4 is 61.1 Å². The second-order valence-electron chi connectivity index (χ2n) is 14.4. The van der Waals surface area contributed by atoms with Gasteiger partial charge in [0.2, 0.25) is 0 Å². The fourth-order valence-corrected chi connectivity index (χ4v) is 13.8. The van der Waals surface area contributed by atoms with Crippen LogP contribution in [0.25, 0.3) is 65.7 Å². The molecule has 10 rings (SSSR count). The van der Waals surface area contributed by atoms with Crippen molar-refractivity contribution in [3.63, 3.8) is 0 Å². The summed E-state index contributed by atoms with van der Waals surface area (Å²) in [5.74, 6) is 0. The first-order valence-electron chi connectivity index (χ1n) is 19.1. The maximum atomic E-state index is 2.57. The van der Waals surface area contributed by atoms with E-state index < -0.39 is 8.07 Å². The third kappa shape index (κ3) is 5.52. The van der Waals surface area contributed by atoms with Crippen molar-refractivity contribution in [2.24, 2.45) is 0 Å². The zero-order valence-electron chi connectivity index (χ0n) is 30.4. The lowest BCUT2D eigenvalue weighted by Gasteiger charge is -2.35. The van der Waals surface area contributed by atoms with E-state index in [0.29, 0.717) is 0 Å². The Bertz CT molecular complexity index is 2850. The molecule has 0 aliphatic carbocycles. The molecule has 0 saturated heterocycles. The highest BCUT2D eigenvalue weighted by atomic mass is 28.3. The summed E-state index contributed by atoms with van der Waals surface area (Å²) < 4.78 is 0. The molecule has 10 aromatic rings. The topological polar surface area (TPSA) is 0 Å². The average Bonchev–Trinajstić information content (AvgIpc) is 3.27. The van der Waals surface area contributed by atoms with Crippen molar-refractivity contribution in [2.45, 2.75) is 0 Å². The fourth-order valence-electron chi connectivity index (χ4n) is 9.01. The largest absolute Gasteiger partial charge is 0.179 e. The second kappa shape index (κ2) is 13.9. The van der Waals surface area contributed by atoms with Gasteiger partial charge in [0.1, 0.15) is 0 Å². The highest BCUT2D eigenvalue weighted by Crippen LogP contribution is 2.45. The van der Waals surface area contributed by atoms with Crippen LogP contribution >= 0.6 is 0 Å². The minimum atomic E-state index is -2.81. The van der Waals surface area contributed by atoms with Crippen LogP contribution in [0.15, 0.2) is 231 Å². The van der Waals surface area contributed by atoms with E-state index in [1.54, 1.807) is 0 Å². The summed E-state index contributed by atoms with van der Waals surface area (Å²) in [7, 11) is -2.81. The number of fused-ring (bicyclic) bond motifs is 3. The molecule has 0 aromatic heterocycles. The van der Waals surface area contributed by atoms with E-state index >= 15 is 0 Å². The summed E-state index contributed by atoms with van der Waals surface area (Å²) in [6.45, 7) is 0. The Morgan fingerprint density at radius 1 is 0.236 bits per heavy atom. The predicted molar refractivity (Wildman–Crippen MR) is 239 cm³/mol. The van der Waals surface area contributed by atoms with Gasteiger partial charge in [0, 0.05) is 0 Å². The zero-order valence-corrected chi connectivity index (χ0v) is 31.4. The first-order chi connectivity index (χ1) is 27.3. The van der Waals surface area contributed by atoms with Gasteiger partial charge < -0.3 is 0 Å². The number of rotatable bonds is 7. The van der Waals surface area contributed by atoms with Gasteiger partial charge >= 0.3 is 0 Å². The van der Waals surface area contributed by atoms with E-state index in [1.807, 2.05) is 0 Å². The van der Waals surface area contributed by atoms with Gasteiger partial charge in [-0.1, -0.05) is 224 Å². The summed E-state index contributed by atoms with van der Waals surface area (Å²) in [6, 6.07) is 85.7. The maximum Gasteiger partial charge on any atom is 0.179 e. The van der Waals surface area contributed by atoms with E-state index in [-0.39, 0.29) is 0 Å². The van der Waals surface area contributed by atoms with Crippen LogP contribution in [-0.2, 0) is 0 Å². The van der Waals surface area contributed by atoms with Crippen LogP contribution in [0.4, 0.5) is 0 Å². The quantitative estimate of drug-likeness (QED) is 0.0876. The van der Waals surface area contributed by atoms with Crippen LogP contribution in [0.1, 0.15) is 0 Å². The molecule has 0 fully saturated rings. The molecular formula is C54H38Si. The Morgan fingerprint density at radius 2 is 0.691 bits per heavy atom. The van der Waals surface area contributed by atoms with Crippen molar-refractivity contribution in [1.82, 2.24) is 0 Å². The molecule has 55 heavy (non-hydrogen) atoms. The van der Waals surface area contributed by atoms with Crippen LogP contribution < -0.4 is 20.7 Å². The molecule has 0 atom stereocenters. The standard InChI is InChI=1S/C54H38Si/c1-5-19-39(20-6-1)41-23-17-24-42(37-41)53-49-32-15-16-33-50(49)54(48-34-18-22-40-21-13-14-31-47(40)48)52-38-46(35-36-51(52)53)55(43-25-7-2-8-26-43,44-27-9-3-10-28-44)45-29-11-4-12-30-45/h1-38H. The Balaban J connectivity index is 1.38. The molecule has 0 spiro atoms. The molecule has 0 bridgehead atoms. The van der Waals surface area contributed by atoms with E-state index in [2.05, 4.69) is 231 Å². The smallest absolute Gasteiger partial charge is 0.0623 e. The van der Waals surface area contributed by atoms with Crippen molar-refractivity contribution < 1.29 is 0 Å². The Hall–Kier alpha value is -6.80. The molecular weight excluding hydrogens is 677 g/mol. The van der Waals surface area contributed by atoms with Crippen molar-refractivity contribution in [2.75, 3.05) is 0 Å². The SMILES string of the molecule is c1ccc(-c2cccc(-c3c4ccccc4c(-c4cccc5ccccc45)c4cc([Si](c5ccccc5)(c5ccccc5)c5ccccc5)ccc34)c2)cc1. The molecule has 0 unspecified atom stereocenters. The second-order valence-corrected chi connectivity index (χ2v) is 18.2. The molecule has 258 valence electrons. The number of hydrogen-bond acceptors (Lipinski definition) is 0. The lowest BCUT2D eigenvalue weighted by molar-refractivity contribution is 1.61. The van der Waals surface area contributed by atoms with Gasteiger partial charge in [-0.15, -0.1) is 0 Å². The minimum absolute atomic E-state index is 1.22. The molecule has 0 saturated carbocycles. The third-order valence-corrected chi connectivity index (χ3v) is 16.2. The average molecular weight is 715 g/mol. The fraction of sp³-hybridized carbons (Fsp3) is 0. The van der Waals surface area contributed by atoms with Gasteiger partial charge in [-0.05, 0) is 92.5 Å². The van der Waals surface area contributed by atoms with Crippen LogP contribution in [0.3, 0.4) is 0 Å². The Morgan fingerprint density at radius 3 is 1.33 bits per heavy atom. The van der Waals surface area contributed by atoms with E-state index in [4.69, 9.17) is 0 Å². The molecule has 0 radical (unpaired) electrons. The summed E-state index contributed by atoms with van der Waals surface area (Å²) >= 11 is 0. The highest BCUT2D eigenvalue weighted by Gasteiger charge is 2.41. The van der Waals surface area contributed by atoms with Gasteiger partial charge in [-0.25, -0.2) is 0 Å². The molecule has 1 heteroatoms. The van der Waals surface area contributed by atoms with Crippen molar-refractivity contribution in [3.8, 4) is 33.4 Å². The van der Waals surface area contributed by atoms with Crippen molar-refractivity contribution in [3.05, 3.63) is 231 Å². The molecule has 0 nitrogen and oxygen atoms in total. The van der Waals surface area contributed by atoms with E-state index in [0.717, 1.165) is 0 Å². The molecule has 0 N–H and O–H groups in total. The number of hydrogen-bond donors (Lipinski definition) is 0. The van der Waals surface area contributed by atoms with Crippen LogP contribution in [-0.4, -0.2) is 8.07 Å². The Labute approximate surface area is 323 Å². The molecule has 0 aliphatic rings. The summed E-state index contributed by atoms with van der Waals surface area (Å²) in [4.78, 5) is 0. The summed E-state index contributed by atoms with van der Waals surface area (Å²) in [6.07, 6.45) is 0. The Kier molecular flexibility index (Phi) is 8.28. The van der Waals surface area contributed by atoms with Gasteiger partial charge in [-0.3, -0.25) is 0 Å². The monoisotopic (exact) mass is 714 g/mol. The highest BCUT2D eigenvalue weighted by molar-refractivity contribution is 7.20. The zero-order chi connectivity index (χ0) is 36.6. The van der Waals surface area contributed by atoms with Gasteiger partial charge in [0.05, 0.1) is 0 Å². The lowest BCUT2D eigenvalue weighted by Crippen LogP contribution is -2.74. The minimum Gasteiger partial charge on any atom is -0.0623 e. The molecule has 10 aromatic carbocycles. The van der Waals surface area contributed by atoms with E-state index in [9.17, 15) is 0 Å². The maximum absolute atomic E-state index is 2.81. The normalized spacial score (nSPS) is 11.6. The third-order valence-electron chi connectivity index (χ3n) is 11.4. The van der Waals surface area contributed by atoms with Gasteiger partial charge in [-0.2, -0.15) is 0 Å². The summed E-state index contributed by atoms with van der Waals surface area (Å²) in [5.41, 5.74) is 7.46. The van der Waals surface area contributed by atoms with Crippen molar-refractivity contribution in [1.29, 1.82) is 0 Å². The van der Waals surface area contributed by atoms with E-state index in [1.165, 1.54) is 86.4 Å². The van der Waals surface area contributed by atoms with Gasteiger partial charge in [0.15, 0.2) is 8.07 Å². The first-order valence-corrected chi connectivity index (χ1v) is 21.1. The molecule has 0 heterocycles. The van der Waals surface area contributed by atoms with Crippen LogP contribution in [0.2, 0.25) is 0 Å². The molecule has 0 aliphatic heterocycles.